The molecule has 3 aromatic heterocycles. The number of pyridine rings is 2. The van der Waals surface area contributed by atoms with Crippen LogP contribution in [0, 0.1) is 6.92 Å². The van der Waals surface area contributed by atoms with Crippen LogP contribution in [-0.4, -0.2) is 31.4 Å². The molecule has 0 unspecified atom stereocenters. The summed E-state index contributed by atoms with van der Waals surface area (Å²) >= 11 is 0. The van der Waals surface area contributed by atoms with Gasteiger partial charge in [-0.1, -0.05) is 6.07 Å². The minimum Gasteiger partial charge on any atom is -0.306 e. The van der Waals surface area contributed by atoms with Gasteiger partial charge < -0.3 is 4.98 Å². The van der Waals surface area contributed by atoms with Crippen molar-refractivity contribution in [3.05, 3.63) is 75.7 Å². The lowest BCUT2D eigenvalue weighted by atomic mass is 10.1. The minimum atomic E-state index is -0.0366. The van der Waals surface area contributed by atoms with Gasteiger partial charge in [-0.3, -0.25) is 19.7 Å². The second-order valence-corrected chi connectivity index (χ2v) is 6.30. The predicted molar refractivity (Wildman–Crippen MR) is 94.9 cm³/mol. The number of fused-ring (bicyclic) bond motifs is 1. The van der Waals surface area contributed by atoms with E-state index in [2.05, 4.69) is 32.8 Å². The molecule has 0 spiro atoms. The van der Waals surface area contributed by atoms with Crippen LogP contribution in [0.5, 0.6) is 0 Å². The van der Waals surface area contributed by atoms with Crippen molar-refractivity contribution < 1.29 is 0 Å². The van der Waals surface area contributed by atoms with Gasteiger partial charge in [-0.25, -0.2) is 4.98 Å². The van der Waals surface area contributed by atoms with E-state index in [1.54, 1.807) is 12.4 Å². The molecular formula is C19H19N5O. The number of aromatic nitrogens is 4. The SMILES string of the molecule is Cc1cccnc1CN1CCc2c(nc(-c3ccncc3)[nH]c2=O)C1. The number of H-pyrrole nitrogens is 1. The van der Waals surface area contributed by atoms with Crippen molar-refractivity contribution in [2.45, 2.75) is 26.4 Å². The van der Waals surface area contributed by atoms with Gasteiger partial charge in [-0.05, 0) is 37.1 Å². The molecular weight excluding hydrogens is 314 g/mol. The molecule has 0 bridgehead atoms. The van der Waals surface area contributed by atoms with Gasteiger partial charge in [0.2, 0.25) is 0 Å². The zero-order valence-electron chi connectivity index (χ0n) is 14.1. The number of nitrogens with one attached hydrogen (secondary N) is 1. The standard InChI is InChI=1S/C19H19N5O/c1-13-3-2-7-21-16(13)11-24-10-6-15-17(12-24)22-18(23-19(15)25)14-4-8-20-9-5-14/h2-5,7-9H,6,10-12H2,1H3,(H,22,23,25). The zero-order chi connectivity index (χ0) is 17.2. The zero-order valence-corrected chi connectivity index (χ0v) is 14.1. The van der Waals surface area contributed by atoms with Gasteiger partial charge >= 0.3 is 0 Å². The summed E-state index contributed by atoms with van der Waals surface area (Å²) in [7, 11) is 0. The smallest absolute Gasteiger partial charge is 0.254 e. The Labute approximate surface area is 145 Å². The van der Waals surface area contributed by atoms with Gasteiger partial charge in [0, 0.05) is 49.4 Å². The Hall–Kier alpha value is -2.86. The molecule has 6 heteroatoms. The van der Waals surface area contributed by atoms with Crippen LogP contribution in [0.25, 0.3) is 11.4 Å². The summed E-state index contributed by atoms with van der Waals surface area (Å²) in [6.07, 6.45) is 5.93. The van der Waals surface area contributed by atoms with Crippen LogP contribution < -0.4 is 5.56 Å². The van der Waals surface area contributed by atoms with Crippen molar-refractivity contribution >= 4 is 0 Å². The summed E-state index contributed by atoms with van der Waals surface area (Å²) in [5.74, 6) is 0.599. The normalized spacial score (nSPS) is 14.3. The molecule has 4 heterocycles. The van der Waals surface area contributed by atoms with Crippen LogP contribution >= 0.6 is 0 Å². The summed E-state index contributed by atoms with van der Waals surface area (Å²) < 4.78 is 0. The Morgan fingerprint density at radius 1 is 1.20 bits per heavy atom. The van der Waals surface area contributed by atoms with Crippen LogP contribution in [0.3, 0.4) is 0 Å². The number of rotatable bonds is 3. The van der Waals surface area contributed by atoms with E-state index in [0.29, 0.717) is 18.8 Å². The van der Waals surface area contributed by atoms with Crippen molar-refractivity contribution in [2.24, 2.45) is 0 Å². The molecule has 0 fully saturated rings. The number of hydrogen-bond donors (Lipinski definition) is 1. The third-order valence-corrected chi connectivity index (χ3v) is 4.60. The highest BCUT2D eigenvalue weighted by Gasteiger charge is 2.22. The van der Waals surface area contributed by atoms with Crippen LogP contribution in [0.15, 0.2) is 47.7 Å². The quantitative estimate of drug-likeness (QED) is 0.794. The van der Waals surface area contributed by atoms with E-state index in [1.807, 2.05) is 24.4 Å². The number of nitrogens with zero attached hydrogens (tertiary/aromatic N) is 4. The fraction of sp³-hybridized carbons (Fsp3) is 0.263. The second kappa shape index (κ2) is 6.57. The first-order valence-corrected chi connectivity index (χ1v) is 8.36. The third kappa shape index (κ3) is 3.21. The molecule has 1 N–H and O–H groups in total. The third-order valence-electron chi connectivity index (χ3n) is 4.60. The first kappa shape index (κ1) is 15.7. The molecule has 0 aliphatic carbocycles. The number of aromatic amines is 1. The van der Waals surface area contributed by atoms with Crippen molar-refractivity contribution in [1.82, 2.24) is 24.8 Å². The summed E-state index contributed by atoms with van der Waals surface area (Å²) in [5.41, 5.74) is 4.75. The molecule has 0 radical (unpaired) electrons. The van der Waals surface area contributed by atoms with Crippen molar-refractivity contribution in [3.8, 4) is 11.4 Å². The van der Waals surface area contributed by atoms with Crippen LogP contribution in [0.2, 0.25) is 0 Å². The van der Waals surface area contributed by atoms with E-state index in [9.17, 15) is 4.79 Å². The highest BCUT2D eigenvalue weighted by Crippen LogP contribution is 2.20. The first-order valence-electron chi connectivity index (χ1n) is 8.36. The summed E-state index contributed by atoms with van der Waals surface area (Å²) in [4.78, 5) is 30.8. The highest BCUT2D eigenvalue weighted by atomic mass is 16.1. The molecule has 6 nitrogen and oxygen atoms in total. The molecule has 0 saturated carbocycles. The average Bonchev–Trinajstić information content (AvgIpc) is 2.64. The maximum absolute atomic E-state index is 12.4. The Bertz CT molecular complexity index is 952. The molecule has 3 aromatic rings. The fourth-order valence-corrected chi connectivity index (χ4v) is 3.17. The van der Waals surface area contributed by atoms with E-state index in [-0.39, 0.29) is 5.56 Å². The van der Waals surface area contributed by atoms with Crippen LogP contribution in [0.4, 0.5) is 0 Å². The summed E-state index contributed by atoms with van der Waals surface area (Å²) in [6, 6.07) is 7.72. The van der Waals surface area contributed by atoms with Gasteiger partial charge in [-0.15, -0.1) is 0 Å². The van der Waals surface area contributed by atoms with Crippen molar-refractivity contribution in [2.75, 3.05) is 6.54 Å². The fourth-order valence-electron chi connectivity index (χ4n) is 3.17. The average molecular weight is 333 g/mol. The van der Waals surface area contributed by atoms with Crippen molar-refractivity contribution in [3.63, 3.8) is 0 Å². The van der Waals surface area contributed by atoms with Gasteiger partial charge in [0.05, 0.1) is 11.4 Å². The lowest BCUT2D eigenvalue weighted by Gasteiger charge is -2.27. The maximum atomic E-state index is 12.4. The molecule has 0 aromatic carbocycles. The second-order valence-electron chi connectivity index (χ2n) is 6.30. The monoisotopic (exact) mass is 333 g/mol. The maximum Gasteiger partial charge on any atom is 0.254 e. The van der Waals surface area contributed by atoms with E-state index in [1.165, 1.54) is 5.56 Å². The van der Waals surface area contributed by atoms with Crippen LogP contribution in [0.1, 0.15) is 22.5 Å². The van der Waals surface area contributed by atoms with E-state index in [4.69, 9.17) is 4.98 Å². The van der Waals surface area contributed by atoms with Gasteiger partial charge in [0.15, 0.2) is 0 Å². The highest BCUT2D eigenvalue weighted by molar-refractivity contribution is 5.54. The Balaban J connectivity index is 1.63. The van der Waals surface area contributed by atoms with E-state index in [0.717, 1.165) is 35.6 Å². The van der Waals surface area contributed by atoms with Crippen LogP contribution in [-0.2, 0) is 19.5 Å². The lowest BCUT2D eigenvalue weighted by Crippen LogP contribution is -2.35. The van der Waals surface area contributed by atoms with Gasteiger partial charge in [0.1, 0.15) is 5.82 Å². The minimum absolute atomic E-state index is 0.0366. The Morgan fingerprint density at radius 2 is 2.04 bits per heavy atom. The number of hydrogen-bond acceptors (Lipinski definition) is 5. The molecule has 0 atom stereocenters. The van der Waals surface area contributed by atoms with E-state index >= 15 is 0 Å². The molecule has 1 aliphatic rings. The molecule has 0 saturated heterocycles. The van der Waals surface area contributed by atoms with Gasteiger partial charge in [-0.2, -0.15) is 0 Å². The largest absolute Gasteiger partial charge is 0.306 e. The first-order chi connectivity index (χ1) is 12.2. The number of aryl methyl sites for hydroxylation is 1. The summed E-state index contributed by atoms with van der Waals surface area (Å²) in [6.45, 7) is 4.34. The molecule has 0 amide bonds. The summed E-state index contributed by atoms with van der Waals surface area (Å²) in [5, 5.41) is 0. The molecule has 1 aliphatic heterocycles. The van der Waals surface area contributed by atoms with Gasteiger partial charge in [0.25, 0.3) is 5.56 Å². The Kier molecular flexibility index (Phi) is 4.11. The Morgan fingerprint density at radius 3 is 2.84 bits per heavy atom. The molecule has 25 heavy (non-hydrogen) atoms. The topological polar surface area (TPSA) is 74.8 Å². The van der Waals surface area contributed by atoms with E-state index < -0.39 is 0 Å². The predicted octanol–water partition coefficient (Wildman–Crippen LogP) is 2.09. The molecule has 126 valence electrons. The molecule has 4 rings (SSSR count). The lowest BCUT2D eigenvalue weighted by molar-refractivity contribution is 0.237. The van der Waals surface area contributed by atoms with Crippen molar-refractivity contribution in [1.29, 1.82) is 0 Å².